The van der Waals surface area contributed by atoms with Gasteiger partial charge in [0, 0.05) is 18.3 Å². The summed E-state index contributed by atoms with van der Waals surface area (Å²) in [6, 6.07) is 9.23. The average molecular weight is 367 g/mol. The molecule has 1 aliphatic heterocycles. The lowest BCUT2D eigenvalue weighted by Crippen LogP contribution is -2.42. The molecule has 1 fully saturated rings. The summed E-state index contributed by atoms with van der Waals surface area (Å²) in [5.41, 5.74) is 1.69. The zero-order valence-electron chi connectivity index (χ0n) is 13.8. The number of sulfone groups is 1. The summed E-state index contributed by atoms with van der Waals surface area (Å²) in [4.78, 5) is 14.2. The molecule has 1 saturated heterocycles. The number of carbonyl (C=O) groups is 1. The Labute approximate surface area is 148 Å². The fourth-order valence-electron chi connectivity index (χ4n) is 2.79. The van der Waals surface area contributed by atoms with Gasteiger partial charge >= 0.3 is 0 Å². The van der Waals surface area contributed by atoms with Gasteiger partial charge in [-0.15, -0.1) is 11.8 Å². The van der Waals surface area contributed by atoms with E-state index < -0.39 is 9.84 Å². The molecule has 1 aromatic rings. The van der Waals surface area contributed by atoms with Gasteiger partial charge in [0.15, 0.2) is 9.84 Å². The molecule has 130 valence electrons. The SMILES string of the molecule is CCCN(C(=O)CSCc1ccc(C#N)cc1)[C@H]1CCS(=O)(=O)C1. The second-order valence-corrected chi connectivity index (χ2v) is 9.16. The van der Waals surface area contributed by atoms with Gasteiger partial charge in [-0.25, -0.2) is 8.42 Å². The van der Waals surface area contributed by atoms with Crippen LogP contribution in [0.2, 0.25) is 0 Å². The Hall–Kier alpha value is -1.52. The summed E-state index contributed by atoms with van der Waals surface area (Å²) in [7, 11) is -2.99. The highest BCUT2D eigenvalue weighted by molar-refractivity contribution is 7.99. The van der Waals surface area contributed by atoms with Crippen LogP contribution in [0.1, 0.15) is 30.9 Å². The van der Waals surface area contributed by atoms with Crippen molar-refractivity contribution in [3.05, 3.63) is 35.4 Å². The minimum Gasteiger partial charge on any atom is -0.338 e. The van der Waals surface area contributed by atoms with Crippen LogP contribution in [0.25, 0.3) is 0 Å². The number of rotatable bonds is 7. The number of thioether (sulfide) groups is 1. The molecule has 1 aromatic carbocycles. The Morgan fingerprint density at radius 3 is 2.62 bits per heavy atom. The first-order chi connectivity index (χ1) is 11.4. The highest BCUT2D eigenvalue weighted by Gasteiger charge is 2.33. The van der Waals surface area contributed by atoms with E-state index in [4.69, 9.17) is 5.26 Å². The quantitative estimate of drug-likeness (QED) is 0.739. The van der Waals surface area contributed by atoms with Crippen LogP contribution < -0.4 is 0 Å². The first kappa shape index (κ1) is 18.8. The summed E-state index contributed by atoms with van der Waals surface area (Å²) in [5.74, 6) is 1.33. The molecule has 0 saturated carbocycles. The Morgan fingerprint density at radius 1 is 1.38 bits per heavy atom. The Balaban J connectivity index is 1.87. The van der Waals surface area contributed by atoms with Crippen LogP contribution in [-0.4, -0.2) is 49.1 Å². The molecule has 2 rings (SSSR count). The lowest BCUT2D eigenvalue weighted by molar-refractivity contribution is -0.130. The number of carbonyl (C=O) groups excluding carboxylic acids is 1. The van der Waals surface area contributed by atoms with Gasteiger partial charge in [0.1, 0.15) is 0 Å². The molecule has 0 N–H and O–H groups in total. The summed E-state index contributed by atoms with van der Waals surface area (Å²) in [6.07, 6.45) is 1.37. The maximum Gasteiger partial charge on any atom is 0.232 e. The maximum atomic E-state index is 12.5. The van der Waals surface area contributed by atoms with Crippen LogP contribution in [0.15, 0.2) is 24.3 Å². The highest BCUT2D eigenvalue weighted by Crippen LogP contribution is 2.20. The molecule has 5 nitrogen and oxygen atoms in total. The standard InChI is InChI=1S/C17H22N2O3S2/c1-2-8-19(16-7-9-24(21,22)13-16)17(20)12-23-11-15-5-3-14(10-18)4-6-15/h3-6,16H,2,7-9,11-13H2,1H3/t16-/m0/s1. The smallest absolute Gasteiger partial charge is 0.232 e. The molecule has 1 heterocycles. The third-order valence-electron chi connectivity index (χ3n) is 4.01. The molecule has 0 bridgehead atoms. The third-order valence-corrected chi connectivity index (χ3v) is 6.75. The average Bonchev–Trinajstić information content (AvgIpc) is 2.92. The van der Waals surface area contributed by atoms with Crippen LogP contribution in [-0.2, 0) is 20.4 Å². The molecule has 0 aliphatic carbocycles. The molecule has 0 radical (unpaired) electrons. The third kappa shape index (κ3) is 5.25. The fraction of sp³-hybridized carbons (Fsp3) is 0.529. The molecule has 0 spiro atoms. The van der Waals surface area contributed by atoms with Crippen molar-refractivity contribution in [1.82, 2.24) is 4.90 Å². The van der Waals surface area contributed by atoms with Crippen molar-refractivity contribution < 1.29 is 13.2 Å². The van der Waals surface area contributed by atoms with Gasteiger partial charge in [0.2, 0.25) is 5.91 Å². The van der Waals surface area contributed by atoms with Gasteiger partial charge in [0.05, 0.1) is 28.9 Å². The van der Waals surface area contributed by atoms with Crippen molar-refractivity contribution in [2.45, 2.75) is 31.6 Å². The van der Waals surface area contributed by atoms with Crippen molar-refractivity contribution in [3.8, 4) is 6.07 Å². The molecule has 1 aliphatic rings. The lowest BCUT2D eigenvalue weighted by atomic mass is 10.2. The van der Waals surface area contributed by atoms with E-state index in [0.717, 1.165) is 12.0 Å². The van der Waals surface area contributed by atoms with Crippen molar-refractivity contribution in [3.63, 3.8) is 0 Å². The minimum atomic E-state index is -2.99. The van der Waals surface area contributed by atoms with Crippen molar-refractivity contribution >= 4 is 27.5 Å². The second-order valence-electron chi connectivity index (χ2n) is 5.95. The number of hydrogen-bond donors (Lipinski definition) is 0. The Kier molecular flexibility index (Phi) is 6.69. The van der Waals surface area contributed by atoms with Gasteiger partial charge < -0.3 is 4.90 Å². The van der Waals surface area contributed by atoms with E-state index >= 15 is 0 Å². The molecular formula is C17H22N2O3S2. The van der Waals surface area contributed by atoms with Crippen LogP contribution in [0.4, 0.5) is 0 Å². The zero-order chi connectivity index (χ0) is 17.6. The van der Waals surface area contributed by atoms with E-state index in [-0.39, 0.29) is 23.5 Å². The van der Waals surface area contributed by atoms with E-state index in [1.165, 1.54) is 11.8 Å². The normalized spacial score (nSPS) is 18.9. The van der Waals surface area contributed by atoms with Crippen LogP contribution in [0.3, 0.4) is 0 Å². The number of amides is 1. The molecule has 0 unspecified atom stereocenters. The fourth-order valence-corrected chi connectivity index (χ4v) is 5.39. The molecule has 7 heteroatoms. The predicted octanol–water partition coefficient (Wildman–Crippen LogP) is 2.22. The van der Waals surface area contributed by atoms with Gasteiger partial charge in [-0.05, 0) is 30.5 Å². The van der Waals surface area contributed by atoms with Gasteiger partial charge in [0.25, 0.3) is 0 Å². The van der Waals surface area contributed by atoms with Crippen LogP contribution in [0, 0.1) is 11.3 Å². The predicted molar refractivity (Wildman–Crippen MR) is 96.4 cm³/mol. The number of nitrogens with zero attached hydrogens (tertiary/aromatic N) is 2. The van der Waals surface area contributed by atoms with Gasteiger partial charge in [-0.2, -0.15) is 5.26 Å². The lowest BCUT2D eigenvalue weighted by Gasteiger charge is -2.27. The van der Waals surface area contributed by atoms with Crippen LogP contribution >= 0.6 is 11.8 Å². The minimum absolute atomic E-state index is 0.0117. The Morgan fingerprint density at radius 2 is 2.08 bits per heavy atom. The van der Waals surface area contributed by atoms with Crippen molar-refractivity contribution in [1.29, 1.82) is 5.26 Å². The summed E-state index contributed by atoms with van der Waals surface area (Å²) < 4.78 is 23.3. The van der Waals surface area contributed by atoms with Crippen LogP contribution in [0.5, 0.6) is 0 Å². The summed E-state index contributed by atoms with van der Waals surface area (Å²) >= 11 is 1.52. The Bertz CT molecular complexity index is 708. The summed E-state index contributed by atoms with van der Waals surface area (Å²) in [5, 5.41) is 8.78. The van der Waals surface area contributed by atoms with E-state index in [2.05, 4.69) is 6.07 Å². The summed E-state index contributed by atoms with van der Waals surface area (Å²) in [6.45, 7) is 2.60. The molecule has 1 amide bonds. The zero-order valence-corrected chi connectivity index (χ0v) is 15.4. The topological polar surface area (TPSA) is 78.2 Å². The van der Waals surface area contributed by atoms with E-state index in [9.17, 15) is 13.2 Å². The first-order valence-electron chi connectivity index (χ1n) is 8.02. The van der Waals surface area contributed by atoms with E-state index in [1.54, 1.807) is 17.0 Å². The molecular weight excluding hydrogens is 344 g/mol. The van der Waals surface area contributed by atoms with E-state index in [0.29, 0.717) is 30.0 Å². The van der Waals surface area contributed by atoms with Crippen molar-refractivity contribution in [2.75, 3.05) is 23.8 Å². The highest BCUT2D eigenvalue weighted by atomic mass is 32.2. The largest absolute Gasteiger partial charge is 0.338 e. The second kappa shape index (κ2) is 8.54. The molecule has 1 atom stereocenters. The number of nitriles is 1. The van der Waals surface area contributed by atoms with Crippen molar-refractivity contribution in [2.24, 2.45) is 0 Å². The molecule has 0 aromatic heterocycles. The first-order valence-corrected chi connectivity index (χ1v) is 11.0. The van der Waals surface area contributed by atoms with Gasteiger partial charge in [-0.3, -0.25) is 4.79 Å². The monoisotopic (exact) mass is 366 g/mol. The van der Waals surface area contributed by atoms with E-state index in [1.807, 2.05) is 19.1 Å². The number of benzene rings is 1. The molecule has 24 heavy (non-hydrogen) atoms. The maximum absolute atomic E-state index is 12.5. The van der Waals surface area contributed by atoms with Gasteiger partial charge in [-0.1, -0.05) is 19.1 Å². The number of hydrogen-bond acceptors (Lipinski definition) is 5.